The van der Waals surface area contributed by atoms with Crippen molar-refractivity contribution in [3.05, 3.63) is 53.6 Å². The van der Waals surface area contributed by atoms with Crippen LogP contribution in [0.1, 0.15) is 15.9 Å². The quantitative estimate of drug-likeness (QED) is 0.264. The zero-order valence-electron chi connectivity index (χ0n) is 12.4. The SMILES string of the molecule is O=C(/C=C/c1ccc(O)c(S(=O)O)c1)c1ccc(O)c(S(=O)(=O)O)c1. The fraction of sp³-hybridized carbons (Fsp3) is 0. The summed E-state index contributed by atoms with van der Waals surface area (Å²) in [7, 11) is -4.69. The maximum absolute atomic E-state index is 12.1. The highest BCUT2D eigenvalue weighted by atomic mass is 32.2. The lowest BCUT2D eigenvalue weighted by Crippen LogP contribution is -2.02. The van der Waals surface area contributed by atoms with Crippen molar-refractivity contribution in [1.29, 1.82) is 0 Å². The normalized spacial score (nSPS) is 13.0. The number of ketones is 1. The van der Waals surface area contributed by atoms with E-state index in [2.05, 4.69) is 0 Å². The molecule has 0 fully saturated rings. The van der Waals surface area contributed by atoms with Gasteiger partial charge in [0.2, 0.25) is 0 Å². The van der Waals surface area contributed by atoms with Crippen LogP contribution in [0.25, 0.3) is 6.08 Å². The van der Waals surface area contributed by atoms with Crippen molar-refractivity contribution in [3.8, 4) is 11.5 Å². The fourth-order valence-corrected chi connectivity index (χ4v) is 3.01. The van der Waals surface area contributed by atoms with E-state index in [1.807, 2.05) is 0 Å². The molecule has 0 spiro atoms. The molecular weight excluding hydrogens is 372 g/mol. The highest BCUT2D eigenvalue weighted by molar-refractivity contribution is 7.86. The highest BCUT2D eigenvalue weighted by Gasteiger charge is 2.17. The molecule has 8 nitrogen and oxygen atoms in total. The minimum absolute atomic E-state index is 0.105. The number of carbonyl (C=O) groups excluding carboxylic acids is 1. The van der Waals surface area contributed by atoms with Crippen LogP contribution >= 0.6 is 0 Å². The van der Waals surface area contributed by atoms with Crippen molar-refractivity contribution in [2.24, 2.45) is 0 Å². The molecule has 0 aliphatic carbocycles. The smallest absolute Gasteiger partial charge is 0.298 e. The summed E-state index contributed by atoms with van der Waals surface area (Å²) >= 11 is -2.41. The van der Waals surface area contributed by atoms with E-state index in [1.165, 1.54) is 30.3 Å². The summed E-state index contributed by atoms with van der Waals surface area (Å²) in [5.41, 5.74) is 0.240. The number of hydrogen-bond donors (Lipinski definition) is 4. The first-order chi connectivity index (χ1) is 11.6. The highest BCUT2D eigenvalue weighted by Crippen LogP contribution is 2.24. The summed E-state index contributed by atoms with van der Waals surface area (Å²) in [4.78, 5) is 11.1. The molecule has 1 atom stereocenters. The molecule has 2 aromatic carbocycles. The molecular formula is C15H12O8S2. The van der Waals surface area contributed by atoms with E-state index in [0.717, 1.165) is 18.2 Å². The number of phenols is 2. The zero-order valence-corrected chi connectivity index (χ0v) is 14.0. The molecule has 0 aliphatic rings. The topological polar surface area (TPSA) is 149 Å². The summed E-state index contributed by atoms with van der Waals surface area (Å²) in [6.07, 6.45) is 2.36. The predicted octanol–water partition coefficient (Wildman–Crippen LogP) is 1.82. The molecule has 0 aromatic heterocycles. The summed E-state index contributed by atoms with van der Waals surface area (Å²) in [6.45, 7) is 0. The third-order valence-electron chi connectivity index (χ3n) is 3.12. The summed E-state index contributed by atoms with van der Waals surface area (Å²) in [5, 5.41) is 18.9. The van der Waals surface area contributed by atoms with Crippen LogP contribution in [0, 0.1) is 0 Å². The Balaban J connectivity index is 2.33. The van der Waals surface area contributed by atoms with Gasteiger partial charge in [0, 0.05) is 5.56 Å². The molecule has 0 aliphatic heterocycles. The average molecular weight is 384 g/mol. The van der Waals surface area contributed by atoms with E-state index in [1.54, 1.807) is 0 Å². The lowest BCUT2D eigenvalue weighted by molar-refractivity contribution is 0.104. The summed E-state index contributed by atoms with van der Waals surface area (Å²) in [5.74, 6) is -1.71. The maximum atomic E-state index is 12.1. The second-order valence-electron chi connectivity index (χ2n) is 4.83. The lowest BCUT2D eigenvalue weighted by Gasteiger charge is -2.03. The molecule has 1 unspecified atom stereocenters. The third-order valence-corrected chi connectivity index (χ3v) is 4.71. The van der Waals surface area contributed by atoms with Crippen molar-refractivity contribution in [2.45, 2.75) is 9.79 Å². The van der Waals surface area contributed by atoms with Crippen LogP contribution in [-0.4, -0.2) is 37.7 Å². The van der Waals surface area contributed by atoms with Gasteiger partial charge in [-0.05, 0) is 42.0 Å². The van der Waals surface area contributed by atoms with E-state index in [0.29, 0.717) is 5.56 Å². The minimum atomic E-state index is -4.69. The molecule has 2 rings (SSSR count). The van der Waals surface area contributed by atoms with Crippen LogP contribution in [0.2, 0.25) is 0 Å². The Bertz CT molecular complexity index is 993. The molecule has 0 saturated carbocycles. The predicted molar refractivity (Wildman–Crippen MR) is 88.4 cm³/mol. The van der Waals surface area contributed by atoms with E-state index in [9.17, 15) is 27.6 Å². The lowest BCUT2D eigenvalue weighted by atomic mass is 10.1. The van der Waals surface area contributed by atoms with Crippen LogP contribution in [0.3, 0.4) is 0 Å². The molecule has 10 heteroatoms. The second-order valence-corrected chi connectivity index (χ2v) is 7.16. The third kappa shape index (κ3) is 4.51. The van der Waals surface area contributed by atoms with Crippen LogP contribution in [0.4, 0.5) is 0 Å². The molecule has 132 valence electrons. The largest absolute Gasteiger partial charge is 0.507 e. The molecule has 4 N–H and O–H groups in total. The molecule has 0 radical (unpaired) electrons. The first kappa shape index (κ1) is 18.8. The zero-order chi connectivity index (χ0) is 18.8. The van der Waals surface area contributed by atoms with E-state index < -0.39 is 37.6 Å². The Labute approximate surface area is 145 Å². The first-order valence-electron chi connectivity index (χ1n) is 6.56. The van der Waals surface area contributed by atoms with Gasteiger partial charge in [-0.25, -0.2) is 4.21 Å². The minimum Gasteiger partial charge on any atom is -0.507 e. The van der Waals surface area contributed by atoms with Crippen LogP contribution in [0.5, 0.6) is 11.5 Å². The van der Waals surface area contributed by atoms with E-state index >= 15 is 0 Å². The summed E-state index contributed by atoms with van der Waals surface area (Å²) in [6, 6.07) is 6.73. The monoisotopic (exact) mass is 384 g/mol. The molecule has 0 saturated heterocycles. The van der Waals surface area contributed by atoms with Crippen molar-refractivity contribution in [2.75, 3.05) is 0 Å². The Kier molecular flexibility index (Phi) is 5.38. The van der Waals surface area contributed by atoms with Gasteiger partial charge in [0.05, 0.1) is 0 Å². The fourth-order valence-electron chi connectivity index (χ4n) is 1.92. The van der Waals surface area contributed by atoms with Gasteiger partial charge < -0.3 is 14.8 Å². The van der Waals surface area contributed by atoms with Crippen molar-refractivity contribution in [3.63, 3.8) is 0 Å². The van der Waals surface area contributed by atoms with Crippen molar-refractivity contribution >= 4 is 33.1 Å². The van der Waals surface area contributed by atoms with Gasteiger partial charge in [0.15, 0.2) is 16.9 Å². The Morgan fingerprint density at radius 1 is 1.04 bits per heavy atom. The van der Waals surface area contributed by atoms with E-state index in [-0.39, 0.29) is 16.2 Å². The number of carbonyl (C=O) groups is 1. The summed E-state index contributed by atoms with van der Waals surface area (Å²) < 4.78 is 51.3. The molecule has 25 heavy (non-hydrogen) atoms. The van der Waals surface area contributed by atoms with E-state index in [4.69, 9.17) is 9.11 Å². The Morgan fingerprint density at radius 2 is 1.68 bits per heavy atom. The standard InChI is InChI=1S/C15H12O8S2/c16-11(10-3-6-13(18)15(8-10)25(21,22)23)4-1-9-2-5-12(17)14(7-9)24(19)20/h1-8,17-18H,(H,19,20)(H,21,22,23)/b4-1+. The second kappa shape index (κ2) is 7.15. The van der Waals surface area contributed by atoms with Crippen molar-refractivity contribution in [1.82, 2.24) is 0 Å². The number of hydrogen-bond acceptors (Lipinski definition) is 6. The van der Waals surface area contributed by atoms with Gasteiger partial charge in [0.1, 0.15) is 21.3 Å². The molecule has 2 aromatic rings. The van der Waals surface area contributed by atoms with Gasteiger partial charge in [-0.15, -0.1) is 0 Å². The van der Waals surface area contributed by atoms with Crippen LogP contribution in [0.15, 0.2) is 52.3 Å². The molecule has 0 bridgehead atoms. The van der Waals surface area contributed by atoms with Gasteiger partial charge in [-0.2, -0.15) is 8.42 Å². The number of aromatic hydroxyl groups is 2. The van der Waals surface area contributed by atoms with Gasteiger partial charge >= 0.3 is 0 Å². The number of benzene rings is 2. The maximum Gasteiger partial charge on any atom is 0.298 e. The van der Waals surface area contributed by atoms with Gasteiger partial charge in [-0.1, -0.05) is 12.1 Å². The average Bonchev–Trinajstić information content (AvgIpc) is 2.52. The van der Waals surface area contributed by atoms with Gasteiger partial charge in [0.25, 0.3) is 10.1 Å². The Hall–Kier alpha value is -2.53. The van der Waals surface area contributed by atoms with Crippen LogP contribution < -0.4 is 0 Å². The molecule has 0 amide bonds. The number of rotatable bonds is 5. The van der Waals surface area contributed by atoms with Crippen LogP contribution in [-0.2, 0) is 21.2 Å². The van der Waals surface area contributed by atoms with Crippen molar-refractivity contribution < 1.29 is 36.7 Å². The number of phenolic OH excluding ortho intramolecular Hbond substituents is 2. The number of allylic oxidation sites excluding steroid dienone is 1. The molecule has 0 heterocycles. The van der Waals surface area contributed by atoms with Gasteiger partial charge in [-0.3, -0.25) is 9.35 Å². The Morgan fingerprint density at radius 3 is 2.28 bits per heavy atom. The first-order valence-corrected chi connectivity index (χ1v) is 9.11.